The molecule has 3 rings (SSSR count). The molecule has 2 aromatic heterocycles. The molecule has 90 valence electrons. The lowest BCUT2D eigenvalue weighted by Gasteiger charge is -2.06. The van der Waals surface area contributed by atoms with Crippen LogP contribution in [0.25, 0.3) is 22.3 Å². The number of ether oxygens (including phenoxy) is 1. The third-order valence-electron chi connectivity index (χ3n) is 2.64. The predicted molar refractivity (Wildman–Crippen MR) is 66.5 cm³/mol. The van der Waals surface area contributed by atoms with Gasteiger partial charge in [-0.3, -0.25) is 4.98 Å². The summed E-state index contributed by atoms with van der Waals surface area (Å²) in [6, 6.07) is 9.55. The standard InChI is InChI=1S/C12H10N4O2/c1-18-11-8(10-14-12(17)16-15-10)6-7-4-2-3-5-9(7)13-11/h2-6H,1H3,(H2,14,15,16,17). The van der Waals surface area contributed by atoms with E-state index in [1.807, 2.05) is 30.3 Å². The number of methoxy groups -OCH3 is 1. The van der Waals surface area contributed by atoms with Crippen molar-refractivity contribution in [1.29, 1.82) is 0 Å². The summed E-state index contributed by atoms with van der Waals surface area (Å²) in [6.45, 7) is 0. The normalized spacial score (nSPS) is 10.7. The van der Waals surface area contributed by atoms with Crippen LogP contribution in [0.3, 0.4) is 0 Å². The topological polar surface area (TPSA) is 83.7 Å². The largest absolute Gasteiger partial charge is 0.480 e. The molecule has 0 aliphatic carbocycles. The molecule has 3 aromatic rings. The average molecular weight is 242 g/mol. The van der Waals surface area contributed by atoms with E-state index in [-0.39, 0.29) is 5.69 Å². The Labute approximate surface area is 102 Å². The van der Waals surface area contributed by atoms with Crippen molar-refractivity contribution in [3.63, 3.8) is 0 Å². The molecule has 0 bridgehead atoms. The molecule has 0 unspecified atom stereocenters. The summed E-state index contributed by atoms with van der Waals surface area (Å²) in [7, 11) is 1.53. The van der Waals surface area contributed by atoms with Gasteiger partial charge in [0.2, 0.25) is 5.88 Å². The first-order chi connectivity index (χ1) is 8.78. The molecule has 6 heteroatoms. The van der Waals surface area contributed by atoms with E-state index in [4.69, 9.17) is 4.74 Å². The molecule has 0 aliphatic heterocycles. The highest BCUT2D eigenvalue weighted by Gasteiger charge is 2.12. The van der Waals surface area contributed by atoms with Gasteiger partial charge in [-0.25, -0.2) is 14.9 Å². The number of nitrogens with one attached hydrogen (secondary N) is 2. The Hall–Kier alpha value is -2.63. The van der Waals surface area contributed by atoms with Gasteiger partial charge in [-0.05, 0) is 12.1 Å². The average Bonchev–Trinajstić information content (AvgIpc) is 2.83. The van der Waals surface area contributed by atoms with Crippen LogP contribution in [0, 0.1) is 0 Å². The molecule has 1 aromatic carbocycles. The number of para-hydroxylation sites is 1. The summed E-state index contributed by atoms with van der Waals surface area (Å²) in [5.74, 6) is 0.839. The summed E-state index contributed by atoms with van der Waals surface area (Å²) < 4.78 is 5.23. The Morgan fingerprint density at radius 1 is 1.28 bits per heavy atom. The Morgan fingerprint density at radius 3 is 2.83 bits per heavy atom. The second kappa shape index (κ2) is 3.99. The molecule has 0 radical (unpaired) electrons. The highest BCUT2D eigenvalue weighted by atomic mass is 16.5. The summed E-state index contributed by atoms with van der Waals surface area (Å²) in [4.78, 5) is 18.1. The third kappa shape index (κ3) is 1.64. The first kappa shape index (κ1) is 10.5. The first-order valence-corrected chi connectivity index (χ1v) is 5.37. The van der Waals surface area contributed by atoms with Gasteiger partial charge in [0.05, 0.1) is 18.2 Å². The van der Waals surface area contributed by atoms with E-state index in [0.29, 0.717) is 17.3 Å². The van der Waals surface area contributed by atoms with Crippen LogP contribution < -0.4 is 10.4 Å². The Bertz CT molecular complexity index is 760. The van der Waals surface area contributed by atoms with Gasteiger partial charge >= 0.3 is 5.69 Å². The van der Waals surface area contributed by atoms with Gasteiger partial charge in [-0.2, -0.15) is 5.10 Å². The molecule has 0 saturated carbocycles. The van der Waals surface area contributed by atoms with E-state index in [2.05, 4.69) is 20.2 Å². The lowest BCUT2D eigenvalue weighted by Crippen LogP contribution is -2.00. The van der Waals surface area contributed by atoms with E-state index >= 15 is 0 Å². The first-order valence-electron chi connectivity index (χ1n) is 5.37. The van der Waals surface area contributed by atoms with Crippen molar-refractivity contribution >= 4 is 10.9 Å². The van der Waals surface area contributed by atoms with Gasteiger partial charge in [0, 0.05) is 5.39 Å². The second-order valence-electron chi connectivity index (χ2n) is 3.76. The Balaban J connectivity index is 2.30. The maximum absolute atomic E-state index is 11.1. The fourth-order valence-electron chi connectivity index (χ4n) is 1.82. The van der Waals surface area contributed by atoms with Crippen molar-refractivity contribution in [3.8, 4) is 17.3 Å². The zero-order valence-electron chi connectivity index (χ0n) is 9.60. The highest BCUT2D eigenvalue weighted by molar-refractivity contribution is 5.84. The zero-order valence-corrected chi connectivity index (χ0v) is 9.60. The van der Waals surface area contributed by atoms with Gasteiger partial charge in [-0.1, -0.05) is 18.2 Å². The number of benzene rings is 1. The smallest absolute Gasteiger partial charge is 0.340 e. The molecule has 2 heterocycles. The molecule has 0 aliphatic rings. The van der Waals surface area contributed by atoms with Gasteiger partial charge in [0.15, 0.2) is 5.82 Å². The van der Waals surface area contributed by atoms with Crippen LogP contribution >= 0.6 is 0 Å². The molecule has 0 amide bonds. The molecule has 0 atom stereocenters. The van der Waals surface area contributed by atoms with E-state index in [1.165, 1.54) is 7.11 Å². The monoisotopic (exact) mass is 242 g/mol. The quantitative estimate of drug-likeness (QED) is 0.709. The van der Waals surface area contributed by atoms with Gasteiger partial charge < -0.3 is 4.74 Å². The summed E-state index contributed by atoms with van der Waals surface area (Å²) in [6.07, 6.45) is 0. The fourth-order valence-corrected chi connectivity index (χ4v) is 1.82. The van der Waals surface area contributed by atoms with Crippen LogP contribution in [0.5, 0.6) is 5.88 Å². The van der Waals surface area contributed by atoms with Gasteiger partial charge in [0.1, 0.15) is 0 Å². The van der Waals surface area contributed by atoms with Crippen molar-refractivity contribution in [2.45, 2.75) is 0 Å². The number of rotatable bonds is 2. The lowest BCUT2D eigenvalue weighted by molar-refractivity contribution is 0.401. The molecule has 0 saturated heterocycles. The molecule has 0 fully saturated rings. The van der Waals surface area contributed by atoms with Crippen LogP contribution in [0.15, 0.2) is 35.1 Å². The predicted octanol–water partition coefficient (Wildman–Crippen LogP) is 1.32. The van der Waals surface area contributed by atoms with Crippen LogP contribution in [0.4, 0.5) is 0 Å². The second-order valence-corrected chi connectivity index (χ2v) is 3.76. The summed E-state index contributed by atoms with van der Waals surface area (Å²) in [5.41, 5.74) is 1.12. The summed E-state index contributed by atoms with van der Waals surface area (Å²) >= 11 is 0. The van der Waals surface area contributed by atoms with Crippen LogP contribution in [0.1, 0.15) is 0 Å². The van der Waals surface area contributed by atoms with Crippen molar-refractivity contribution < 1.29 is 4.74 Å². The number of pyridine rings is 1. The van der Waals surface area contributed by atoms with Crippen molar-refractivity contribution in [2.75, 3.05) is 7.11 Å². The van der Waals surface area contributed by atoms with E-state index < -0.39 is 0 Å². The maximum atomic E-state index is 11.1. The minimum absolute atomic E-state index is 0.361. The molecule has 0 spiro atoms. The minimum atomic E-state index is -0.361. The summed E-state index contributed by atoms with van der Waals surface area (Å²) in [5, 5.41) is 7.17. The van der Waals surface area contributed by atoms with Crippen molar-refractivity contribution in [1.82, 2.24) is 20.2 Å². The molecule has 2 N–H and O–H groups in total. The van der Waals surface area contributed by atoms with E-state index in [9.17, 15) is 4.79 Å². The van der Waals surface area contributed by atoms with Crippen LogP contribution in [0.2, 0.25) is 0 Å². The molecule has 6 nitrogen and oxygen atoms in total. The molecule has 18 heavy (non-hydrogen) atoms. The number of H-pyrrole nitrogens is 2. The Morgan fingerprint density at radius 2 is 2.11 bits per heavy atom. The molecular weight excluding hydrogens is 232 g/mol. The minimum Gasteiger partial charge on any atom is -0.480 e. The van der Waals surface area contributed by atoms with Gasteiger partial charge in [-0.15, -0.1) is 0 Å². The number of nitrogens with zero attached hydrogens (tertiary/aromatic N) is 2. The Kier molecular flexibility index (Phi) is 2.33. The zero-order chi connectivity index (χ0) is 12.5. The number of hydrogen-bond donors (Lipinski definition) is 2. The number of hydrogen-bond acceptors (Lipinski definition) is 4. The lowest BCUT2D eigenvalue weighted by atomic mass is 10.1. The van der Waals surface area contributed by atoms with Crippen LogP contribution in [-0.2, 0) is 0 Å². The SMILES string of the molecule is COc1nc2ccccc2cc1-c1n[nH]c(=O)[nH]1. The van der Waals surface area contributed by atoms with E-state index in [0.717, 1.165) is 10.9 Å². The number of aromatic amines is 2. The van der Waals surface area contributed by atoms with Crippen LogP contribution in [-0.4, -0.2) is 27.3 Å². The van der Waals surface area contributed by atoms with Gasteiger partial charge in [0.25, 0.3) is 0 Å². The molecular formula is C12H10N4O2. The number of fused-ring (bicyclic) bond motifs is 1. The van der Waals surface area contributed by atoms with Crippen molar-refractivity contribution in [2.24, 2.45) is 0 Å². The maximum Gasteiger partial charge on any atom is 0.340 e. The fraction of sp³-hybridized carbons (Fsp3) is 0.0833. The highest BCUT2D eigenvalue weighted by Crippen LogP contribution is 2.28. The number of aromatic nitrogens is 4. The van der Waals surface area contributed by atoms with E-state index in [1.54, 1.807) is 0 Å². The third-order valence-corrected chi connectivity index (χ3v) is 2.64. The van der Waals surface area contributed by atoms with Crippen molar-refractivity contribution in [3.05, 3.63) is 40.8 Å².